The van der Waals surface area contributed by atoms with Gasteiger partial charge in [0, 0.05) is 4.88 Å². The smallest absolute Gasteiger partial charge is 0.180 e. The standard InChI is InChI=1S/C15H14O3S/c1-9-3-5-12(16)11(7-9)13(17)8-14(18)15-6-4-10(2)19-15/h3-7,16H,8H2,1-2H3. The predicted molar refractivity (Wildman–Crippen MR) is 75.2 cm³/mol. The fourth-order valence-corrected chi connectivity index (χ4v) is 2.59. The van der Waals surface area contributed by atoms with Crippen LogP contribution in [0.25, 0.3) is 0 Å². The van der Waals surface area contributed by atoms with Crippen molar-refractivity contribution >= 4 is 22.9 Å². The van der Waals surface area contributed by atoms with Gasteiger partial charge in [0.2, 0.25) is 0 Å². The van der Waals surface area contributed by atoms with Crippen molar-refractivity contribution in [1.82, 2.24) is 0 Å². The number of aromatic hydroxyl groups is 1. The molecule has 0 atom stereocenters. The molecular formula is C15H14O3S. The minimum atomic E-state index is -0.350. The molecule has 1 N–H and O–H groups in total. The number of rotatable bonds is 4. The highest BCUT2D eigenvalue weighted by Crippen LogP contribution is 2.22. The van der Waals surface area contributed by atoms with Crippen LogP contribution in [0.2, 0.25) is 0 Å². The van der Waals surface area contributed by atoms with Crippen LogP contribution in [0, 0.1) is 13.8 Å². The van der Waals surface area contributed by atoms with Crippen LogP contribution in [-0.4, -0.2) is 16.7 Å². The average molecular weight is 274 g/mol. The molecule has 0 unspecified atom stereocenters. The largest absolute Gasteiger partial charge is 0.507 e. The van der Waals surface area contributed by atoms with E-state index in [4.69, 9.17) is 0 Å². The van der Waals surface area contributed by atoms with Gasteiger partial charge in [0.15, 0.2) is 11.6 Å². The minimum absolute atomic E-state index is 0.0780. The third-order valence-corrected chi connectivity index (χ3v) is 3.83. The minimum Gasteiger partial charge on any atom is -0.507 e. The van der Waals surface area contributed by atoms with Gasteiger partial charge in [-0.3, -0.25) is 9.59 Å². The van der Waals surface area contributed by atoms with Gasteiger partial charge >= 0.3 is 0 Å². The first-order valence-corrected chi connectivity index (χ1v) is 6.71. The van der Waals surface area contributed by atoms with Gasteiger partial charge in [0.1, 0.15) is 5.75 Å². The molecular weight excluding hydrogens is 260 g/mol. The van der Waals surface area contributed by atoms with Crippen molar-refractivity contribution in [2.75, 3.05) is 0 Å². The lowest BCUT2D eigenvalue weighted by molar-refractivity contribution is 0.0895. The Morgan fingerprint density at radius 1 is 1.11 bits per heavy atom. The van der Waals surface area contributed by atoms with E-state index in [0.29, 0.717) is 4.88 Å². The molecule has 0 amide bonds. The number of carbonyl (C=O) groups is 2. The second-order valence-corrected chi connectivity index (χ2v) is 5.74. The highest BCUT2D eigenvalue weighted by atomic mass is 32.1. The van der Waals surface area contributed by atoms with E-state index in [1.54, 1.807) is 18.2 Å². The van der Waals surface area contributed by atoms with Gasteiger partial charge in [-0.25, -0.2) is 0 Å². The van der Waals surface area contributed by atoms with Crippen molar-refractivity contribution in [1.29, 1.82) is 0 Å². The lowest BCUT2D eigenvalue weighted by Crippen LogP contribution is -2.07. The third kappa shape index (κ3) is 3.09. The summed E-state index contributed by atoms with van der Waals surface area (Å²) in [5, 5.41) is 9.66. The molecule has 4 heteroatoms. The summed E-state index contributed by atoms with van der Waals surface area (Å²) in [7, 11) is 0. The normalized spacial score (nSPS) is 10.4. The first-order chi connectivity index (χ1) is 8.97. The van der Waals surface area contributed by atoms with Gasteiger partial charge in [-0.15, -0.1) is 11.3 Å². The summed E-state index contributed by atoms with van der Waals surface area (Å²) in [4.78, 5) is 25.6. The SMILES string of the molecule is Cc1ccc(O)c(C(=O)CC(=O)c2ccc(C)s2)c1. The van der Waals surface area contributed by atoms with Crippen molar-refractivity contribution in [2.24, 2.45) is 0 Å². The topological polar surface area (TPSA) is 54.4 Å². The Morgan fingerprint density at radius 2 is 1.84 bits per heavy atom. The van der Waals surface area contributed by atoms with E-state index in [0.717, 1.165) is 10.4 Å². The van der Waals surface area contributed by atoms with Crippen LogP contribution in [-0.2, 0) is 0 Å². The number of phenolic OH excluding ortho intramolecular Hbond substituents is 1. The van der Waals surface area contributed by atoms with Crippen LogP contribution in [0.4, 0.5) is 0 Å². The zero-order valence-corrected chi connectivity index (χ0v) is 11.6. The Hall–Kier alpha value is -1.94. The average Bonchev–Trinajstić information content (AvgIpc) is 2.79. The van der Waals surface area contributed by atoms with Crippen LogP contribution >= 0.6 is 11.3 Å². The van der Waals surface area contributed by atoms with E-state index < -0.39 is 0 Å². The molecule has 0 bridgehead atoms. The van der Waals surface area contributed by atoms with E-state index >= 15 is 0 Å². The van der Waals surface area contributed by atoms with Gasteiger partial charge in [-0.05, 0) is 38.1 Å². The molecule has 0 fully saturated rings. The number of thiophene rings is 1. The Kier molecular flexibility index (Phi) is 3.81. The van der Waals surface area contributed by atoms with Gasteiger partial charge in [0.05, 0.1) is 16.9 Å². The molecule has 0 aliphatic rings. The number of aryl methyl sites for hydroxylation is 2. The fraction of sp³-hybridized carbons (Fsp3) is 0.200. The van der Waals surface area contributed by atoms with Crippen LogP contribution in [0.1, 0.15) is 36.9 Å². The van der Waals surface area contributed by atoms with E-state index in [1.807, 2.05) is 19.9 Å². The number of benzene rings is 1. The maximum absolute atomic E-state index is 12.0. The number of hydrogen-bond donors (Lipinski definition) is 1. The third-order valence-electron chi connectivity index (χ3n) is 2.79. The van der Waals surface area contributed by atoms with Gasteiger partial charge in [0.25, 0.3) is 0 Å². The monoisotopic (exact) mass is 274 g/mol. The first kappa shape index (κ1) is 13.5. The van der Waals surface area contributed by atoms with Gasteiger partial charge < -0.3 is 5.11 Å². The van der Waals surface area contributed by atoms with Crippen LogP contribution in [0.3, 0.4) is 0 Å². The van der Waals surface area contributed by atoms with E-state index in [1.165, 1.54) is 17.4 Å². The summed E-state index contributed by atoms with van der Waals surface area (Å²) in [6, 6.07) is 8.38. The summed E-state index contributed by atoms with van der Waals surface area (Å²) >= 11 is 1.38. The molecule has 3 nitrogen and oxygen atoms in total. The summed E-state index contributed by atoms with van der Waals surface area (Å²) in [5.41, 5.74) is 1.09. The number of hydrogen-bond acceptors (Lipinski definition) is 4. The Balaban J connectivity index is 2.17. The van der Waals surface area contributed by atoms with E-state index in [2.05, 4.69) is 0 Å². The first-order valence-electron chi connectivity index (χ1n) is 5.90. The lowest BCUT2D eigenvalue weighted by atomic mass is 10.0. The maximum atomic E-state index is 12.0. The van der Waals surface area contributed by atoms with Crippen LogP contribution in [0.15, 0.2) is 30.3 Å². The highest BCUT2D eigenvalue weighted by molar-refractivity contribution is 7.14. The molecule has 0 aliphatic carbocycles. The van der Waals surface area contributed by atoms with Gasteiger partial charge in [-0.2, -0.15) is 0 Å². The quantitative estimate of drug-likeness (QED) is 0.685. The molecule has 2 aromatic rings. The Bertz CT molecular complexity index is 641. The molecule has 98 valence electrons. The Morgan fingerprint density at radius 3 is 2.47 bits per heavy atom. The van der Waals surface area contributed by atoms with Crippen molar-refractivity contribution in [3.8, 4) is 5.75 Å². The fourth-order valence-electron chi connectivity index (χ4n) is 1.79. The number of carbonyl (C=O) groups excluding carboxylic acids is 2. The molecule has 1 aromatic carbocycles. The van der Waals surface area contributed by atoms with Crippen molar-refractivity contribution < 1.29 is 14.7 Å². The van der Waals surface area contributed by atoms with Crippen LogP contribution in [0.5, 0.6) is 5.75 Å². The summed E-state index contributed by atoms with van der Waals surface area (Å²) in [6.07, 6.45) is -0.211. The zero-order chi connectivity index (χ0) is 14.0. The molecule has 0 saturated heterocycles. The molecule has 2 rings (SSSR count). The number of Topliss-reactive ketones (excluding diaryl/α,β-unsaturated/α-hetero) is 2. The highest BCUT2D eigenvalue weighted by Gasteiger charge is 2.17. The molecule has 19 heavy (non-hydrogen) atoms. The van der Waals surface area contributed by atoms with Crippen molar-refractivity contribution in [3.05, 3.63) is 51.2 Å². The molecule has 0 saturated carbocycles. The van der Waals surface area contributed by atoms with E-state index in [-0.39, 0.29) is 29.3 Å². The molecule has 0 spiro atoms. The summed E-state index contributed by atoms with van der Waals surface area (Å²) in [6.45, 7) is 3.75. The number of ketones is 2. The summed E-state index contributed by atoms with van der Waals surface area (Å²) in [5.74, 6) is -0.632. The second kappa shape index (κ2) is 5.36. The van der Waals surface area contributed by atoms with E-state index in [9.17, 15) is 14.7 Å². The Labute approximate surface area is 115 Å². The van der Waals surface area contributed by atoms with Crippen molar-refractivity contribution in [2.45, 2.75) is 20.3 Å². The van der Waals surface area contributed by atoms with Crippen LogP contribution < -0.4 is 0 Å². The molecule has 0 radical (unpaired) electrons. The lowest BCUT2D eigenvalue weighted by Gasteiger charge is -2.04. The molecule has 1 heterocycles. The second-order valence-electron chi connectivity index (χ2n) is 4.45. The van der Waals surface area contributed by atoms with Crippen molar-refractivity contribution in [3.63, 3.8) is 0 Å². The maximum Gasteiger partial charge on any atom is 0.180 e. The molecule has 0 aliphatic heterocycles. The zero-order valence-electron chi connectivity index (χ0n) is 10.8. The summed E-state index contributed by atoms with van der Waals surface area (Å²) < 4.78 is 0. The molecule has 1 aromatic heterocycles. The van der Waals surface area contributed by atoms with Gasteiger partial charge in [-0.1, -0.05) is 11.6 Å². The number of phenols is 1. The predicted octanol–water partition coefficient (Wildman–Crippen LogP) is 3.53.